The molecule has 4 nitrogen and oxygen atoms in total. The van der Waals surface area contributed by atoms with Crippen molar-refractivity contribution in [3.63, 3.8) is 0 Å². The molecule has 0 unspecified atom stereocenters. The molecule has 16 heavy (non-hydrogen) atoms. The largest absolute Gasteiger partial charge is 0.396 e. The first-order valence-electron chi connectivity index (χ1n) is 5.45. The van der Waals surface area contributed by atoms with Crippen molar-refractivity contribution in [2.45, 2.75) is 31.2 Å². The number of halogens is 1. The van der Waals surface area contributed by atoms with Crippen LogP contribution in [-0.2, 0) is 0 Å². The van der Waals surface area contributed by atoms with E-state index in [1.165, 1.54) is 0 Å². The number of aliphatic hydroxyl groups is 1. The van der Waals surface area contributed by atoms with Crippen molar-refractivity contribution in [2.75, 3.05) is 17.7 Å². The second kappa shape index (κ2) is 4.47. The molecule has 0 bridgehead atoms. The monoisotopic (exact) mass is 241 g/mol. The van der Waals surface area contributed by atoms with E-state index in [1.807, 2.05) is 0 Å². The van der Waals surface area contributed by atoms with Gasteiger partial charge in [-0.15, -0.1) is 0 Å². The van der Waals surface area contributed by atoms with Crippen LogP contribution in [0.2, 0.25) is 5.02 Å². The van der Waals surface area contributed by atoms with E-state index >= 15 is 0 Å². The zero-order chi connectivity index (χ0) is 11.6. The number of hydrogen-bond acceptors (Lipinski definition) is 4. The van der Waals surface area contributed by atoms with E-state index in [0.717, 1.165) is 25.7 Å². The SMILES string of the molecule is Nc1cc(Cl)cnc1NC1(CO)CCCC1. The van der Waals surface area contributed by atoms with Crippen LogP contribution >= 0.6 is 11.6 Å². The quantitative estimate of drug-likeness (QED) is 0.757. The fourth-order valence-electron chi connectivity index (χ4n) is 2.18. The molecule has 1 aromatic heterocycles. The summed E-state index contributed by atoms with van der Waals surface area (Å²) in [6.07, 6.45) is 5.71. The highest BCUT2D eigenvalue weighted by Gasteiger charge is 2.33. The van der Waals surface area contributed by atoms with Crippen LogP contribution in [0.25, 0.3) is 0 Å². The molecule has 2 rings (SSSR count). The molecule has 0 aliphatic heterocycles. The molecule has 1 aliphatic rings. The van der Waals surface area contributed by atoms with E-state index < -0.39 is 0 Å². The normalized spacial score (nSPS) is 18.6. The Labute approximate surface area is 99.8 Å². The maximum atomic E-state index is 9.47. The van der Waals surface area contributed by atoms with E-state index in [0.29, 0.717) is 16.5 Å². The van der Waals surface area contributed by atoms with Gasteiger partial charge in [0.05, 0.1) is 22.9 Å². The molecular weight excluding hydrogens is 226 g/mol. The molecule has 88 valence electrons. The van der Waals surface area contributed by atoms with E-state index in [2.05, 4.69) is 10.3 Å². The summed E-state index contributed by atoms with van der Waals surface area (Å²) in [5.74, 6) is 0.611. The van der Waals surface area contributed by atoms with Crippen LogP contribution in [0.3, 0.4) is 0 Å². The van der Waals surface area contributed by atoms with Gasteiger partial charge in [-0.2, -0.15) is 0 Å². The number of nitrogens with zero attached hydrogens (tertiary/aromatic N) is 1. The van der Waals surface area contributed by atoms with Crippen LogP contribution in [0.1, 0.15) is 25.7 Å². The van der Waals surface area contributed by atoms with Crippen molar-refractivity contribution < 1.29 is 5.11 Å². The number of aromatic nitrogens is 1. The Bertz CT molecular complexity index is 377. The summed E-state index contributed by atoms with van der Waals surface area (Å²) in [4.78, 5) is 4.16. The van der Waals surface area contributed by atoms with Gasteiger partial charge in [0.2, 0.25) is 0 Å². The molecule has 1 fully saturated rings. The first-order valence-corrected chi connectivity index (χ1v) is 5.83. The van der Waals surface area contributed by atoms with Crippen molar-refractivity contribution in [2.24, 2.45) is 0 Å². The van der Waals surface area contributed by atoms with Gasteiger partial charge in [-0.3, -0.25) is 0 Å². The molecule has 1 aromatic rings. The third-order valence-electron chi connectivity index (χ3n) is 3.13. The summed E-state index contributed by atoms with van der Waals surface area (Å²) >= 11 is 5.78. The van der Waals surface area contributed by atoms with E-state index in [9.17, 15) is 5.11 Å². The van der Waals surface area contributed by atoms with Crippen LogP contribution in [0.15, 0.2) is 12.3 Å². The Morgan fingerprint density at radius 1 is 1.50 bits per heavy atom. The van der Waals surface area contributed by atoms with Crippen LogP contribution in [0, 0.1) is 0 Å². The van der Waals surface area contributed by atoms with Crippen molar-refractivity contribution in [1.82, 2.24) is 4.98 Å². The predicted octanol–water partition coefficient (Wildman–Crippen LogP) is 2.03. The first-order chi connectivity index (χ1) is 7.65. The zero-order valence-electron chi connectivity index (χ0n) is 9.04. The number of rotatable bonds is 3. The second-order valence-electron chi connectivity index (χ2n) is 4.36. The third-order valence-corrected chi connectivity index (χ3v) is 3.34. The third kappa shape index (κ3) is 2.23. The molecule has 0 atom stereocenters. The average Bonchev–Trinajstić information content (AvgIpc) is 2.72. The molecule has 0 spiro atoms. The molecule has 0 aromatic carbocycles. The molecule has 1 heterocycles. The molecule has 5 heteroatoms. The molecule has 1 aliphatic carbocycles. The Kier molecular flexibility index (Phi) is 3.21. The fourth-order valence-corrected chi connectivity index (χ4v) is 2.35. The van der Waals surface area contributed by atoms with Gasteiger partial charge in [0.25, 0.3) is 0 Å². The zero-order valence-corrected chi connectivity index (χ0v) is 9.80. The van der Waals surface area contributed by atoms with Crippen molar-refractivity contribution in [1.29, 1.82) is 0 Å². The van der Waals surface area contributed by atoms with Crippen LogP contribution in [0.5, 0.6) is 0 Å². The summed E-state index contributed by atoms with van der Waals surface area (Å²) in [6.45, 7) is 0.108. The van der Waals surface area contributed by atoms with Crippen molar-refractivity contribution in [3.05, 3.63) is 17.3 Å². The minimum atomic E-state index is -0.255. The second-order valence-corrected chi connectivity index (χ2v) is 4.80. The lowest BCUT2D eigenvalue weighted by molar-refractivity contribution is 0.214. The molecule has 1 saturated carbocycles. The summed E-state index contributed by atoms with van der Waals surface area (Å²) < 4.78 is 0. The first kappa shape index (κ1) is 11.5. The van der Waals surface area contributed by atoms with Gasteiger partial charge in [0.15, 0.2) is 0 Å². The van der Waals surface area contributed by atoms with E-state index in [4.69, 9.17) is 17.3 Å². The topological polar surface area (TPSA) is 71.2 Å². The van der Waals surface area contributed by atoms with Crippen LogP contribution in [0.4, 0.5) is 11.5 Å². The fraction of sp³-hybridized carbons (Fsp3) is 0.545. The number of nitrogens with one attached hydrogen (secondary N) is 1. The Balaban J connectivity index is 2.19. The van der Waals surface area contributed by atoms with Crippen molar-refractivity contribution >= 4 is 23.1 Å². The summed E-state index contributed by atoms with van der Waals surface area (Å²) in [5, 5.41) is 13.2. The number of anilines is 2. The number of nitrogen functional groups attached to an aromatic ring is 1. The van der Waals surface area contributed by atoms with E-state index in [-0.39, 0.29) is 12.1 Å². The molecule has 0 saturated heterocycles. The summed E-state index contributed by atoms with van der Waals surface area (Å²) in [7, 11) is 0. The van der Waals surface area contributed by atoms with Gasteiger partial charge in [-0.25, -0.2) is 4.98 Å². The number of aliphatic hydroxyl groups excluding tert-OH is 1. The highest BCUT2D eigenvalue weighted by atomic mass is 35.5. The highest BCUT2D eigenvalue weighted by Crippen LogP contribution is 2.33. The Morgan fingerprint density at radius 2 is 2.19 bits per heavy atom. The summed E-state index contributed by atoms with van der Waals surface area (Å²) in [5.41, 5.74) is 6.09. The lowest BCUT2D eigenvalue weighted by Crippen LogP contribution is -2.39. The van der Waals surface area contributed by atoms with Gasteiger partial charge < -0.3 is 16.2 Å². The van der Waals surface area contributed by atoms with Gasteiger partial charge in [0, 0.05) is 6.20 Å². The van der Waals surface area contributed by atoms with Crippen LogP contribution in [-0.4, -0.2) is 22.2 Å². The van der Waals surface area contributed by atoms with Gasteiger partial charge in [-0.05, 0) is 18.9 Å². The Hall–Kier alpha value is -1.00. The highest BCUT2D eigenvalue weighted by molar-refractivity contribution is 6.30. The summed E-state index contributed by atoms with van der Waals surface area (Å²) in [6, 6.07) is 1.66. The lowest BCUT2D eigenvalue weighted by Gasteiger charge is -2.29. The molecule has 0 radical (unpaired) electrons. The number of pyridine rings is 1. The van der Waals surface area contributed by atoms with Crippen LogP contribution < -0.4 is 11.1 Å². The molecule has 4 N–H and O–H groups in total. The number of hydrogen-bond donors (Lipinski definition) is 3. The lowest BCUT2D eigenvalue weighted by atomic mass is 9.99. The average molecular weight is 242 g/mol. The van der Waals surface area contributed by atoms with Gasteiger partial charge in [-0.1, -0.05) is 24.4 Å². The maximum Gasteiger partial charge on any atom is 0.149 e. The van der Waals surface area contributed by atoms with Gasteiger partial charge >= 0.3 is 0 Å². The minimum absolute atomic E-state index is 0.108. The molecular formula is C11H16ClN3O. The standard InChI is InChI=1S/C11H16ClN3O/c12-8-5-9(13)10(14-6-8)15-11(7-16)3-1-2-4-11/h5-6,16H,1-4,7,13H2,(H,14,15). The smallest absolute Gasteiger partial charge is 0.149 e. The minimum Gasteiger partial charge on any atom is -0.396 e. The maximum absolute atomic E-state index is 9.47. The van der Waals surface area contributed by atoms with Gasteiger partial charge in [0.1, 0.15) is 5.82 Å². The number of nitrogens with two attached hydrogens (primary N) is 1. The molecule has 0 amide bonds. The van der Waals surface area contributed by atoms with Crippen molar-refractivity contribution in [3.8, 4) is 0 Å². The predicted molar refractivity (Wildman–Crippen MR) is 65.6 cm³/mol. The van der Waals surface area contributed by atoms with E-state index in [1.54, 1.807) is 12.3 Å². The Morgan fingerprint density at radius 3 is 2.75 bits per heavy atom.